The molecule has 0 aliphatic carbocycles. The fourth-order valence-corrected chi connectivity index (χ4v) is 2.41. The monoisotopic (exact) mass is 298 g/mol. The minimum Gasteiger partial charge on any atom is -0.354 e. The molecule has 2 atom stereocenters. The standard InChI is InChI=1S/C15H30N4O2/c1-11(2)14(16)15(21)18-9-13(20)17-8-12(3)10-19-6-4-5-7-19/h11-12,14H,4-10,16H2,1-3H3,(H,17,20)(H,18,21)/t12?,14-/m0/s1. The number of likely N-dealkylation sites (tertiary alicyclic amines) is 1. The van der Waals surface area contributed by atoms with Crippen LogP contribution in [-0.2, 0) is 9.59 Å². The molecule has 4 N–H and O–H groups in total. The third-order valence-corrected chi connectivity index (χ3v) is 3.86. The molecule has 6 heteroatoms. The molecule has 6 nitrogen and oxygen atoms in total. The number of hydrogen-bond acceptors (Lipinski definition) is 4. The van der Waals surface area contributed by atoms with E-state index in [-0.39, 0.29) is 24.3 Å². The van der Waals surface area contributed by atoms with Crippen molar-refractivity contribution in [2.45, 2.75) is 39.7 Å². The van der Waals surface area contributed by atoms with Gasteiger partial charge < -0.3 is 21.3 Å². The second kappa shape index (κ2) is 9.00. The van der Waals surface area contributed by atoms with Crippen molar-refractivity contribution in [1.82, 2.24) is 15.5 Å². The van der Waals surface area contributed by atoms with E-state index in [1.54, 1.807) is 0 Å². The first-order chi connectivity index (χ1) is 9.90. The van der Waals surface area contributed by atoms with Crippen LogP contribution in [0.15, 0.2) is 0 Å². The summed E-state index contributed by atoms with van der Waals surface area (Å²) in [6.07, 6.45) is 2.56. The highest BCUT2D eigenvalue weighted by molar-refractivity contribution is 5.87. The van der Waals surface area contributed by atoms with E-state index in [1.165, 1.54) is 25.9 Å². The van der Waals surface area contributed by atoms with Gasteiger partial charge in [-0.15, -0.1) is 0 Å². The summed E-state index contributed by atoms with van der Waals surface area (Å²) < 4.78 is 0. The molecule has 21 heavy (non-hydrogen) atoms. The Morgan fingerprint density at radius 2 is 1.76 bits per heavy atom. The molecule has 1 rings (SSSR count). The van der Waals surface area contributed by atoms with Gasteiger partial charge in [0, 0.05) is 13.1 Å². The lowest BCUT2D eigenvalue weighted by Crippen LogP contribution is -2.47. The topological polar surface area (TPSA) is 87.5 Å². The van der Waals surface area contributed by atoms with Crippen LogP contribution < -0.4 is 16.4 Å². The Balaban J connectivity index is 2.14. The van der Waals surface area contributed by atoms with Gasteiger partial charge in [0.15, 0.2) is 0 Å². The van der Waals surface area contributed by atoms with Crippen LogP contribution in [0, 0.1) is 11.8 Å². The average molecular weight is 298 g/mol. The normalized spacial score (nSPS) is 18.5. The van der Waals surface area contributed by atoms with Crippen molar-refractivity contribution in [2.75, 3.05) is 32.7 Å². The third-order valence-electron chi connectivity index (χ3n) is 3.86. The molecule has 1 unspecified atom stereocenters. The van der Waals surface area contributed by atoms with Crippen molar-refractivity contribution in [3.05, 3.63) is 0 Å². The van der Waals surface area contributed by atoms with E-state index in [0.29, 0.717) is 12.5 Å². The van der Waals surface area contributed by atoms with Gasteiger partial charge in [0.05, 0.1) is 12.6 Å². The zero-order valence-electron chi connectivity index (χ0n) is 13.5. The van der Waals surface area contributed by atoms with Crippen LogP contribution >= 0.6 is 0 Å². The van der Waals surface area contributed by atoms with E-state index in [1.807, 2.05) is 13.8 Å². The van der Waals surface area contributed by atoms with Crippen LogP contribution in [0.4, 0.5) is 0 Å². The largest absolute Gasteiger partial charge is 0.354 e. The molecule has 1 saturated heterocycles. The summed E-state index contributed by atoms with van der Waals surface area (Å²) in [6.45, 7) is 9.88. The number of carbonyl (C=O) groups excluding carboxylic acids is 2. The second-order valence-electron chi connectivity index (χ2n) is 6.40. The van der Waals surface area contributed by atoms with Gasteiger partial charge in [-0.3, -0.25) is 9.59 Å². The van der Waals surface area contributed by atoms with E-state index in [9.17, 15) is 9.59 Å². The molecule has 0 aromatic rings. The number of nitrogens with one attached hydrogen (secondary N) is 2. The lowest BCUT2D eigenvalue weighted by Gasteiger charge is -2.20. The molecule has 0 spiro atoms. The highest BCUT2D eigenvalue weighted by atomic mass is 16.2. The van der Waals surface area contributed by atoms with Gasteiger partial charge in [-0.25, -0.2) is 0 Å². The number of hydrogen-bond donors (Lipinski definition) is 3. The molecule has 0 bridgehead atoms. The summed E-state index contributed by atoms with van der Waals surface area (Å²) in [5.41, 5.74) is 5.71. The zero-order valence-corrected chi connectivity index (χ0v) is 13.5. The van der Waals surface area contributed by atoms with Crippen molar-refractivity contribution in [1.29, 1.82) is 0 Å². The fraction of sp³-hybridized carbons (Fsp3) is 0.867. The van der Waals surface area contributed by atoms with Crippen LogP contribution in [-0.4, -0.2) is 55.5 Å². The Kier molecular flexibility index (Phi) is 7.67. The zero-order chi connectivity index (χ0) is 15.8. The van der Waals surface area contributed by atoms with Crippen molar-refractivity contribution in [3.63, 3.8) is 0 Å². The minimum absolute atomic E-state index is 0.00428. The van der Waals surface area contributed by atoms with Gasteiger partial charge >= 0.3 is 0 Å². The minimum atomic E-state index is -0.563. The smallest absolute Gasteiger partial charge is 0.239 e. The Hall–Kier alpha value is -1.14. The fourth-order valence-electron chi connectivity index (χ4n) is 2.41. The van der Waals surface area contributed by atoms with E-state index < -0.39 is 6.04 Å². The number of rotatable bonds is 8. The summed E-state index contributed by atoms with van der Waals surface area (Å²) in [6, 6.07) is -0.563. The number of nitrogens with zero attached hydrogens (tertiary/aromatic N) is 1. The molecular formula is C15H30N4O2. The molecule has 122 valence electrons. The Morgan fingerprint density at radius 3 is 2.33 bits per heavy atom. The molecule has 0 aromatic carbocycles. The van der Waals surface area contributed by atoms with Gasteiger partial charge in [-0.1, -0.05) is 20.8 Å². The molecule has 1 heterocycles. The summed E-state index contributed by atoms with van der Waals surface area (Å²) >= 11 is 0. The van der Waals surface area contributed by atoms with Crippen molar-refractivity contribution >= 4 is 11.8 Å². The number of nitrogens with two attached hydrogens (primary N) is 1. The predicted molar refractivity (Wildman–Crippen MR) is 83.7 cm³/mol. The summed E-state index contributed by atoms with van der Waals surface area (Å²) in [7, 11) is 0. The Morgan fingerprint density at radius 1 is 1.14 bits per heavy atom. The van der Waals surface area contributed by atoms with Crippen LogP contribution in [0.1, 0.15) is 33.6 Å². The van der Waals surface area contributed by atoms with Gasteiger partial charge in [0.1, 0.15) is 0 Å². The van der Waals surface area contributed by atoms with Crippen molar-refractivity contribution < 1.29 is 9.59 Å². The molecule has 1 aliphatic rings. The average Bonchev–Trinajstić information content (AvgIpc) is 2.94. The van der Waals surface area contributed by atoms with Crippen LogP contribution in [0.2, 0.25) is 0 Å². The van der Waals surface area contributed by atoms with Gasteiger partial charge in [0.25, 0.3) is 0 Å². The third kappa shape index (κ3) is 6.91. The maximum absolute atomic E-state index is 11.7. The second-order valence-corrected chi connectivity index (χ2v) is 6.40. The van der Waals surface area contributed by atoms with Crippen LogP contribution in [0.5, 0.6) is 0 Å². The molecule has 1 aliphatic heterocycles. The van der Waals surface area contributed by atoms with Gasteiger partial charge in [-0.2, -0.15) is 0 Å². The Labute approximate surface area is 127 Å². The first kappa shape index (κ1) is 17.9. The van der Waals surface area contributed by atoms with E-state index in [2.05, 4.69) is 22.5 Å². The summed E-state index contributed by atoms with van der Waals surface area (Å²) in [4.78, 5) is 25.8. The first-order valence-electron chi connectivity index (χ1n) is 7.92. The lowest BCUT2D eigenvalue weighted by atomic mass is 10.1. The van der Waals surface area contributed by atoms with Crippen molar-refractivity contribution in [2.24, 2.45) is 17.6 Å². The Bertz CT molecular complexity index is 341. The first-order valence-corrected chi connectivity index (χ1v) is 7.92. The number of carbonyl (C=O) groups is 2. The lowest BCUT2D eigenvalue weighted by molar-refractivity contribution is -0.127. The molecule has 0 radical (unpaired) electrons. The quantitative estimate of drug-likeness (QED) is 0.585. The summed E-state index contributed by atoms with van der Waals surface area (Å²) in [5, 5.41) is 5.43. The van der Waals surface area contributed by atoms with E-state index >= 15 is 0 Å². The number of amides is 2. The highest BCUT2D eigenvalue weighted by Gasteiger charge is 2.18. The molecule has 2 amide bonds. The van der Waals surface area contributed by atoms with Gasteiger partial charge in [0.2, 0.25) is 11.8 Å². The predicted octanol–water partition coefficient (Wildman–Crippen LogP) is -0.0660. The molecular weight excluding hydrogens is 268 g/mol. The SMILES string of the molecule is CC(CNC(=O)CNC(=O)[C@@H](N)C(C)C)CN1CCCC1. The van der Waals surface area contributed by atoms with E-state index in [4.69, 9.17) is 5.73 Å². The van der Waals surface area contributed by atoms with Crippen LogP contribution in [0.25, 0.3) is 0 Å². The van der Waals surface area contributed by atoms with Crippen molar-refractivity contribution in [3.8, 4) is 0 Å². The van der Waals surface area contributed by atoms with Gasteiger partial charge in [-0.05, 0) is 37.8 Å². The maximum atomic E-state index is 11.7. The van der Waals surface area contributed by atoms with E-state index in [0.717, 1.165) is 6.54 Å². The molecule has 1 fully saturated rings. The summed E-state index contributed by atoms with van der Waals surface area (Å²) in [5.74, 6) is 0.0482. The maximum Gasteiger partial charge on any atom is 0.239 e. The molecule has 0 saturated carbocycles. The van der Waals surface area contributed by atoms with Crippen LogP contribution in [0.3, 0.4) is 0 Å². The molecule has 0 aromatic heterocycles. The highest BCUT2D eigenvalue weighted by Crippen LogP contribution is 2.09.